The van der Waals surface area contributed by atoms with E-state index in [4.69, 9.17) is 4.74 Å². The van der Waals surface area contributed by atoms with Gasteiger partial charge in [0.2, 0.25) is 0 Å². The van der Waals surface area contributed by atoms with Gasteiger partial charge in [-0.2, -0.15) is 0 Å². The van der Waals surface area contributed by atoms with Gasteiger partial charge >= 0.3 is 0 Å². The lowest BCUT2D eigenvalue weighted by molar-refractivity contribution is 0.184. The molecular weight excluding hydrogens is 492 g/mol. The summed E-state index contributed by atoms with van der Waals surface area (Å²) in [4.78, 5) is 5.04. The molecular formula is C20H23FIN3O2S. The molecule has 1 aromatic heterocycles. The summed E-state index contributed by atoms with van der Waals surface area (Å²) in [6, 6.07) is 16.1. The minimum atomic E-state index is -0.621. The first-order valence-electron chi connectivity index (χ1n) is 8.65. The molecule has 0 saturated carbocycles. The molecule has 150 valence electrons. The second kappa shape index (κ2) is 11.2. The van der Waals surface area contributed by atoms with Gasteiger partial charge in [0, 0.05) is 29.2 Å². The van der Waals surface area contributed by atoms with E-state index in [0.29, 0.717) is 31.4 Å². The number of halogens is 2. The maximum atomic E-state index is 13.1. The van der Waals surface area contributed by atoms with Crippen molar-refractivity contribution in [2.45, 2.75) is 6.10 Å². The number of fused-ring (bicyclic) bond motifs is 1. The number of aliphatic hydroxyl groups is 1. The maximum absolute atomic E-state index is 13.1. The Morgan fingerprint density at radius 2 is 2.00 bits per heavy atom. The zero-order valence-electron chi connectivity index (χ0n) is 15.4. The normalized spacial score (nSPS) is 12.3. The Hall–Kier alpha value is -1.91. The third-order valence-electron chi connectivity index (χ3n) is 3.92. The molecule has 0 aliphatic carbocycles. The predicted octanol–water partition coefficient (Wildman–Crippen LogP) is 3.94. The summed E-state index contributed by atoms with van der Waals surface area (Å²) in [7, 11) is 1.66. The van der Waals surface area contributed by atoms with Gasteiger partial charge in [-0.25, -0.2) is 4.39 Å². The van der Waals surface area contributed by atoms with Crippen molar-refractivity contribution < 1.29 is 14.2 Å². The first-order valence-corrected chi connectivity index (χ1v) is 9.47. The van der Waals surface area contributed by atoms with Gasteiger partial charge in [0.05, 0.1) is 6.54 Å². The number of hydrogen-bond donors (Lipinski definition) is 3. The van der Waals surface area contributed by atoms with E-state index in [0.717, 1.165) is 15.0 Å². The maximum Gasteiger partial charge on any atom is 0.191 e. The van der Waals surface area contributed by atoms with Crippen molar-refractivity contribution in [2.75, 3.05) is 26.7 Å². The van der Waals surface area contributed by atoms with Gasteiger partial charge in [0.15, 0.2) is 5.96 Å². The van der Waals surface area contributed by atoms with Gasteiger partial charge in [-0.15, -0.1) is 35.3 Å². The third kappa shape index (κ3) is 6.32. The summed E-state index contributed by atoms with van der Waals surface area (Å²) in [5, 5.41) is 17.8. The monoisotopic (exact) mass is 515 g/mol. The lowest BCUT2D eigenvalue weighted by Crippen LogP contribution is -2.41. The molecule has 1 atom stereocenters. The van der Waals surface area contributed by atoms with Crippen molar-refractivity contribution in [1.82, 2.24) is 10.6 Å². The molecule has 1 unspecified atom stereocenters. The molecule has 0 fully saturated rings. The summed E-state index contributed by atoms with van der Waals surface area (Å²) >= 11 is 1.58. The smallest absolute Gasteiger partial charge is 0.191 e. The highest BCUT2D eigenvalue weighted by Crippen LogP contribution is 2.29. The average Bonchev–Trinajstić information content (AvgIpc) is 3.11. The lowest BCUT2D eigenvalue weighted by Gasteiger charge is -2.15. The van der Waals surface area contributed by atoms with E-state index in [9.17, 15) is 9.50 Å². The zero-order valence-corrected chi connectivity index (χ0v) is 18.5. The zero-order chi connectivity index (χ0) is 19.1. The van der Waals surface area contributed by atoms with Crippen LogP contribution >= 0.6 is 35.3 Å². The largest absolute Gasteiger partial charge is 0.492 e. The molecule has 0 aliphatic heterocycles. The first kappa shape index (κ1) is 22.4. The molecule has 3 N–H and O–H groups in total. The molecule has 2 aromatic carbocycles. The Kier molecular flexibility index (Phi) is 8.94. The fourth-order valence-corrected chi connectivity index (χ4v) is 3.63. The third-order valence-corrected chi connectivity index (χ3v) is 5.14. The van der Waals surface area contributed by atoms with Crippen LogP contribution in [0.25, 0.3) is 10.1 Å². The highest BCUT2D eigenvalue weighted by Gasteiger charge is 2.12. The number of nitrogens with zero attached hydrogens (tertiary/aromatic N) is 1. The quantitative estimate of drug-likeness (QED) is 0.193. The van der Waals surface area contributed by atoms with E-state index in [1.807, 2.05) is 30.3 Å². The molecule has 0 saturated heterocycles. The highest BCUT2D eigenvalue weighted by atomic mass is 127. The van der Waals surface area contributed by atoms with Gasteiger partial charge in [-0.3, -0.25) is 4.99 Å². The molecule has 1 heterocycles. The van der Waals surface area contributed by atoms with E-state index >= 15 is 0 Å². The van der Waals surface area contributed by atoms with E-state index in [1.54, 1.807) is 30.5 Å². The molecule has 3 rings (SSSR count). The number of rotatable bonds is 7. The topological polar surface area (TPSA) is 65.9 Å². The second-order valence-electron chi connectivity index (χ2n) is 5.89. The summed E-state index contributed by atoms with van der Waals surface area (Å²) in [6.45, 7) is 1.20. The Morgan fingerprint density at radius 1 is 1.18 bits per heavy atom. The van der Waals surface area contributed by atoms with Crippen molar-refractivity contribution in [3.8, 4) is 5.75 Å². The second-order valence-corrected chi connectivity index (χ2v) is 7.00. The van der Waals surface area contributed by atoms with E-state index in [1.165, 1.54) is 12.1 Å². The molecule has 0 bridgehead atoms. The van der Waals surface area contributed by atoms with Gasteiger partial charge in [-0.05, 0) is 29.7 Å². The van der Waals surface area contributed by atoms with Crippen LogP contribution in [-0.4, -0.2) is 37.8 Å². The predicted molar refractivity (Wildman–Crippen MR) is 123 cm³/mol. The Morgan fingerprint density at radius 3 is 2.75 bits per heavy atom. The highest BCUT2D eigenvalue weighted by molar-refractivity contribution is 14.0. The van der Waals surface area contributed by atoms with Crippen LogP contribution in [0.15, 0.2) is 59.6 Å². The number of hydrogen-bond acceptors (Lipinski definition) is 4. The van der Waals surface area contributed by atoms with Crippen LogP contribution in [0.3, 0.4) is 0 Å². The van der Waals surface area contributed by atoms with Crippen LogP contribution in [0.5, 0.6) is 5.75 Å². The summed E-state index contributed by atoms with van der Waals surface area (Å²) in [5.41, 5.74) is 0. The molecule has 0 radical (unpaired) electrons. The van der Waals surface area contributed by atoms with Crippen molar-refractivity contribution in [2.24, 2.45) is 4.99 Å². The van der Waals surface area contributed by atoms with Crippen molar-refractivity contribution in [3.63, 3.8) is 0 Å². The van der Waals surface area contributed by atoms with E-state index < -0.39 is 6.10 Å². The van der Waals surface area contributed by atoms with Crippen LogP contribution < -0.4 is 15.4 Å². The Labute approximate surface area is 184 Å². The number of aliphatic hydroxyl groups excluding tert-OH is 1. The number of benzene rings is 2. The van der Waals surface area contributed by atoms with Crippen LogP contribution in [0, 0.1) is 5.82 Å². The summed E-state index contributed by atoms with van der Waals surface area (Å²) < 4.78 is 19.7. The molecule has 0 spiro atoms. The first-order chi connectivity index (χ1) is 13.2. The number of guanidine groups is 1. The minimum Gasteiger partial charge on any atom is -0.492 e. The SMILES string of the molecule is CN=C(NCCOc1cccc(F)c1)NCC(O)c1cc2ccccc2s1.I. The van der Waals surface area contributed by atoms with Crippen LogP contribution in [0.2, 0.25) is 0 Å². The van der Waals surface area contributed by atoms with Gasteiger partial charge in [0.25, 0.3) is 0 Å². The fraction of sp³-hybridized carbons (Fsp3) is 0.250. The van der Waals surface area contributed by atoms with Gasteiger partial charge in [-0.1, -0.05) is 24.3 Å². The van der Waals surface area contributed by atoms with Crippen LogP contribution in [0.1, 0.15) is 11.0 Å². The van der Waals surface area contributed by atoms with Gasteiger partial charge < -0.3 is 20.5 Å². The van der Waals surface area contributed by atoms with Crippen LogP contribution in [0.4, 0.5) is 4.39 Å². The number of nitrogens with one attached hydrogen (secondary N) is 2. The van der Waals surface area contributed by atoms with E-state index in [-0.39, 0.29) is 29.8 Å². The number of thiophene rings is 1. The van der Waals surface area contributed by atoms with Crippen molar-refractivity contribution in [3.05, 3.63) is 65.3 Å². The molecule has 8 heteroatoms. The van der Waals surface area contributed by atoms with Crippen molar-refractivity contribution >= 4 is 51.4 Å². The minimum absolute atomic E-state index is 0. The summed E-state index contributed by atoms with van der Waals surface area (Å²) in [6.07, 6.45) is -0.621. The molecule has 0 aliphatic rings. The summed E-state index contributed by atoms with van der Waals surface area (Å²) in [5.74, 6) is 0.728. The molecule has 3 aromatic rings. The number of aliphatic imine (C=N–C) groups is 1. The molecule has 28 heavy (non-hydrogen) atoms. The van der Waals surface area contributed by atoms with Gasteiger partial charge in [0.1, 0.15) is 24.3 Å². The fourth-order valence-electron chi connectivity index (χ4n) is 2.58. The average molecular weight is 515 g/mol. The van der Waals surface area contributed by atoms with Crippen LogP contribution in [-0.2, 0) is 0 Å². The van der Waals surface area contributed by atoms with E-state index in [2.05, 4.69) is 15.6 Å². The number of ether oxygens (including phenoxy) is 1. The standard InChI is InChI=1S/C20H22FN3O2S.HI/c1-22-20(23-9-10-26-16-7-4-6-15(21)12-16)24-13-17(25)19-11-14-5-2-3-8-18(14)27-19;/h2-8,11-12,17,25H,9-10,13H2,1H3,(H2,22,23,24);1H. The Balaban J connectivity index is 0.00000280. The lowest BCUT2D eigenvalue weighted by atomic mass is 10.2. The van der Waals surface area contributed by atoms with Crippen molar-refractivity contribution in [1.29, 1.82) is 0 Å². The Bertz CT molecular complexity index is 886. The molecule has 0 amide bonds. The molecule has 5 nitrogen and oxygen atoms in total.